The Morgan fingerprint density at radius 2 is 2.21 bits per heavy atom. The van der Waals surface area contributed by atoms with Gasteiger partial charge in [0.25, 0.3) is 0 Å². The van der Waals surface area contributed by atoms with Crippen LogP contribution in [0.25, 0.3) is 10.1 Å². The predicted molar refractivity (Wildman–Crippen MR) is 56.1 cm³/mol. The van der Waals surface area contributed by atoms with E-state index in [1.807, 2.05) is 12.1 Å². The molecule has 1 aromatic heterocycles. The molecule has 2 rings (SSSR count). The van der Waals surface area contributed by atoms with E-state index in [0.717, 1.165) is 15.0 Å². The van der Waals surface area contributed by atoms with Gasteiger partial charge in [0.1, 0.15) is 11.9 Å². The molecule has 0 unspecified atom stereocenters. The first-order valence-electron chi connectivity index (χ1n) is 3.92. The number of thiophene rings is 1. The molecule has 2 aromatic rings. The highest BCUT2D eigenvalue weighted by Gasteiger charge is 2.07. The number of fused-ring (bicyclic) bond motifs is 1. The molecule has 0 atom stereocenters. The predicted octanol–water partition coefficient (Wildman–Crippen LogP) is 3.65. The number of hydrogen-bond donors (Lipinski definition) is 0. The van der Waals surface area contributed by atoms with Crippen molar-refractivity contribution in [3.8, 4) is 6.07 Å². The molecular formula is C10H5ClFNS. The van der Waals surface area contributed by atoms with E-state index < -0.39 is 0 Å². The molecule has 4 heteroatoms. The fourth-order valence-corrected chi connectivity index (χ4v) is 2.51. The Morgan fingerprint density at radius 3 is 2.86 bits per heavy atom. The number of alkyl halides is 1. The maximum Gasteiger partial charge on any atom is 0.125 e. The molecule has 0 bridgehead atoms. The first kappa shape index (κ1) is 9.45. The number of benzene rings is 1. The molecule has 0 amide bonds. The summed E-state index contributed by atoms with van der Waals surface area (Å²) in [5.41, 5.74) is 0.376. The molecule has 1 nitrogen and oxygen atoms in total. The van der Waals surface area contributed by atoms with Crippen molar-refractivity contribution < 1.29 is 4.39 Å². The largest absolute Gasteiger partial charge is 0.207 e. The van der Waals surface area contributed by atoms with Crippen molar-refractivity contribution in [1.82, 2.24) is 0 Å². The molecule has 70 valence electrons. The van der Waals surface area contributed by atoms with Gasteiger partial charge in [-0.05, 0) is 23.6 Å². The van der Waals surface area contributed by atoms with Gasteiger partial charge < -0.3 is 0 Å². The summed E-state index contributed by atoms with van der Waals surface area (Å²) in [4.78, 5) is 0.948. The first-order valence-corrected chi connectivity index (χ1v) is 5.27. The van der Waals surface area contributed by atoms with Crippen molar-refractivity contribution >= 4 is 33.0 Å². The van der Waals surface area contributed by atoms with Crippen LogP contribution in [0.2, 0.25) is 0 Å². The third-order valence-electron chi connectivity index (χ3n) is 1.88. The number of nitriles is 1. The SMILES string of the molecule is N#Cc1cc(F)cc2cc(CCl)sc12. The van der Waals surface area contributed by atoms with Crippen LogP contribution in [0.5, 0.6) is 0 Å². The summed E-state index contributed by atoms with van der Waals surface area (Å²) >= 11 is 7.10. The first-order chi connectivity index (χ1) is 6.74. The van der Waals surface area contributed by atoms with Crippen molar-refractivity contribution in [1.29, 1.82) is 5.26 Å². The Bertz CT molecular complexity index is 527. The smallest absolute Gasteiger partial charge is 0.125 e. The van der Waals surface area contributed by atoms with Crippen LogP contribution in [0, 0.1) is 17.1 Å². The summed E-state index contributed by atoms with van der Waals surface area (Å²) in [6.07, 6.45) is 0. The van der Waals surface area contributed by atoms with Crippen molar-refractivity contribution in [2.75, 3.05) is 0 Å². The highest BCUT2D eigenvalue weighted by atomic mass is 35.5. The molecule has 0 radical (unpaired) electrons. The Hall–Kier alpha value is -1.11. The standard InChI is InChI=1S/C10H5ClFNS/c11-4-9-3-6-1-8(12)2-7(5-13)10(6)14-9/h1-3H,4H2. The van der Waals surface area contributed by atoms with Crippen molar-refractivity contribution in [2.24, 2.45) is 0 Å². The molecule has 0 saturated heterocycles. The van der Waals surface area contributed by atoms with Gasteiger partial charge in [-0.1, -0.05) is 0 Å². The molecule has 14 heavy (non-hydrogen) atoms. The topological polar surface area (TPSA) is 23.8 Å². The Kier molecular flexibility index (Phi) is 2.40. The van der Waals surface area contributed by atoms with Gasteiger partial charge in [-0.3, -0.25) is 0 Å². The summed E-state index contributed by atoms with van der Waals surface area (Å²) in [7, 11) is 0. The van der Waals surface area contributed by atoms with Gasteiger partial charge >= 0.3 is 0 Å². The van der Waals surface area contributed by atoms with Crippen molar-refractivity contribution in [3.63, 3.8) is 0 Å². The number of hydrogen-bond acceptors (Lipinski definition) is 2. The van der Waals surface area contributed by atoms with Crippen LogP contribution in [0.3, 0.4) is 0 Å². The van der Waals surface area contributed by atoms with Gasteiger partial charge in [0.2, 0.25) is 0 Å². The normalized spacial score (nSPS) is 10.4. The minimum atomic E-state index is -0.382. The van der Waals surface area contributed by atoms with Crippen molar-refractivity contribution in [2.45, 2.75) is 5.88 Å². The summed E-state index contributed by atoms with van der Waals surface area (Å²) in [6.45, 7) is 0. The third-order valence-corrected chi connectivity index (χ3v) is 3.51. The maximum absolute atomic E-state index is 13.0. The van der Waals surface area contributed by atoms with E-state index in [4.69, 9.17) is 16.9 Å². The molecule has 0 aliphatic carbocycles. The zero-order valence-electron chi connectivity index (χ0n) is 7.05. The second kappa shape index (κ2) is 3.56. The molecule has 1 aromatic carbocycles. The molecule has 0 saturated carbocycles. The minimum Gasteiger partial charge on any atom is -0.207 e. The number of nitrogens with zero attached hydrogens (tertiary/aromatic N) is 1. The minimum absolute atomic E-state index is 0.376. The molecule has 0 fully saturated rings. The fraction of sp³-hybridized carbons (Fsp3) is 0.100. The van der Waals surface area contributed by atoms with Gasteiger partial charge in [0.15, 0.2) is 0 Å². The van der Waals surface area contributed by atoms with Gasteiger partial charge in [-0.15, -0.1) is 22.9 Å². The molecule has 0 N–H and O–H groups in total. The van der Waals surface area contributed by atoms with Gasteiger partial charge in [0, 0.05) is 4.88 Å². The van der Waals surface area contributed by atoms with Gasteiger partial charge in [0.05, 0.1) is 16.1 Å². The van der Waals surface area contributed by atoms with Crippen LogP contribution < -0.4 is 0 Å². The monoisotopic (exact) mass is 225 g/mol. The van der Waals surface area contributed by atoms with Crippen LogP contribution in [0.4, 0.5) is 4.39 Å². The lowest BCUT2D eigenvalue weighted by Crippen LogP contribution is -1.78. The molecule has 1 heterocycles. The number of rotatable bonds is 1. The van der Waals surface area contributed by atoms with Crippen LogP contribution in [0.1, 0.15) is 10.4 Å². The summed E-state index contributed by atoms with van der Waals surface area (Å²) in [6, 6.07) is 6.46. The second-order valence-electron chi connectivity index (χ2n) is 2.83. The van der Waals surface area contributed by atoms with Crippen molar-refractivity contribution in [3.05, 3.63) is 34.5 Å². The van der Waals surface area contributed by atoms with E-state index in [1.54, 1.807) is 0 Å². The lowest BCUT2D eigenvalue weighted by atomic mass is 10.2. The average molecular weight is 226 g/mol. The van der Waals surface area contributed by atoms with Crippen LogP contribution >= 0.6 is 22.9 Å². The van der Waals surface area contributed by atoms with E-state index in [9.17, 15) is 4.39 Å². The average Bonchev–Trinajstić information content (AvgIpc) is 2.59. The molecule has 0 aliphatic heterocycles. The Balaban J connectivity index is 2.79. The van der Waals surface area contributed by atoms with Gasteiger partial charge in [-0.25, -0.2) is 4.39 Å². The van der Waals surface area contributed by atoms with Crippen LogP contribution in [0.15, 0.2) is 18.2 Å². The van der Waals surface area contributed by atoms with E-state index in [1.165, 1.54) is 23.5 Å². The van der Waals surface area contributed by atoms with E-state index >= 15 is 0 Å². The quantitative estimate of drug-likeness (QED) is 0.680. The zero-order chi connectivity index (χ0) is 10.1. The molecular weight excluding hydrogens is 221 g/mol. The zero-order valence-corrected chi connectivity index (χ0v) is 8.62. The van der Waals surface area contributed by atoms with E-state index in [0.29, 0.717) is 11.4 Å². The fourth-order valence-electron chi connectivity index (χ4n) is 1.32. The van der Waals surface area contributed by atoms with E-state index in [-0.39, 0.29) is 5.82 Å². The van der Waals surface area contributed by atoms with Crippen LogP contribution in [-0.4, -0.2) is 0 Å². The highest BCUT2D eigenvalue weighted by Crippen LogP contribution is 2.30. The number of halogens is 2. The summed E-state index contributed by atoms with van der Waals surface area (Å²) in [5, 5.41) is 9.55. The highest BCUT2D eigenvalue weighted by molar-refractivity contribution is 7.19. The van der Waals surface area contributed by atoms with Crippen LogP contribution in [-0.2, 0) is 5.88 Å². The second-order valence-corrected chi connectivity index (χ2v) is 4.23. The van der Waals surface area contributed by atoms with Gasteiger partial charge in [-0.2, -0.15) is 5.26 Å². The third kappa shape index (κ3) is 1.47. The summed E-state index contributed by atoms with van der Waals surface area (Å²) < 4.78 is 13.8. The Labute approximate surface area is 89.3 Å². The Morgan fingerprint density at radius 1 is 1.43 bits per heavy atom. The summed E-state index contributed by atoms with van der Waals surface area (Å²) in [5.74, 6) is 0.0132. The molecule has 0 aliphatic rings. The molecule has 0 spiro atoms. The maximum atomic E-state index is 13.0. The lowest BCUT2D eigenvalue weighted by molar-refractivity contribution is 0.629. The van der Waals surface area contributed by atoms with E-state index in [2.05, 4.69) is 0 Å². The lowest BCUT2D eigenvalue weighted by Gasteiger charge is -1.92.